The molecule has 3 rings (SSSR count). The molecule has 1 unspecified atom stereocenters. The van der Waals surface area contributed by atoms with Crippen LogP contribution >= 0.6 is 0 Å². The van der Waals surface area contributed by atoms with E-state index in [4.69, 9.17) is 0 Å². The molecular formula is C23H21NO2. The molecule has 0 aliphatic rings. The van der Waals surface area contributed by atoms with Gasteiger partial charge in [-0.15, -0.1) is 0 Å². The van der Waals surface area contributed by atoms with E-state index in [1.54, 1.807) is 24.3 Å². The minimum absolute atomic E-state index is 0.00420. The molecule has 26 heavy (non-hydrogen) atoms. The summed E-state index contributed by atoms with van der Waals surface area (Å²) in [4.78, 5) is 25.3. The second-order valence-electron chi connectivity index (χ2n) is 6.30. The predicted molar refractivity (Wildman–Crippen MR) is 103 cm³/mol. The maximum absolute atomic E-state index is 12.7. The van der Waals surface area contributed by atoms with Crippen molar-refractivity contribution in [2.75, 3.05) is 0 Å². The van der Waals surface area contributed by atoms with Crippen LogP contribution in [0.4, 0.5) is 0 Å². The Hall–Kier alpha value is -3.20. The summed E-state index contributed by atoms with van der Waals surface area (Å²) in [7, 11) is 0. The van der Waals surface area contributed by atoms with Gasteiger partial charge in [0.2, 0.25) is 0 Å². The number of carbonyl (C=O) groups is 2. The third-order valence-corrected chi connectivity index (χ3v) is 4.31. The minimum atomic E-state index is -0.379. The van der Waals surface area contributed by atoms with Crippen molar-refractivity contribution in [2.45, 2.75) is 19.4 Å². The maximum Gasteiger partial charge on any atom is 0.251 e. The van der Waals surface area contributed by atoms with Gasteiger partial charge in [0.1, 0.15) is 0 Å². The summed E-state index contributed by atoms with van der Waals surface area (Å²) in [5.41, 5.74) is 3.29. The van der Waals surface area contributed by atoms with Crippen LogP contribution in [-0.4, -0.2) is 11.7 Å². The fourth-order valence-corrected chi connectivity index (χ4v) is 2.81. The highest BCUT2D eigenvalue weighted by Gasteiger charge is 2.20. The molecule has 0 bridgehead atoms. The maximum atomic E-state index is 12.7. The lowest BCUT2D eigenvalue weighted by molar-refractivity contribution is 0.0912. The summed E-state index contributed by atoms with van der Waals surface area (Å²) in [5, 5.41) is 3.01. The van der Waals surface area contributed by atoms with Crippen LogP contribution < -0.4 is 5.32 Å². The number of hydrogen-bond acceptors (Lipinski definition) is 2. The second kappa shape index (κ2) is 8.26. The Kier molecular flexibility index (Phi) is 5.59. The number of hydrogen-bond donors (Lipinski definition) is 1. The van der Waals surface area contributed by atoms with E-state index in [2.05, 4.69) is 5.32 Å². The molecule has 0 aliphatic carbocycles. The lowest BCUT2D eigenvalue weighted by atomic mass is 9.97. The summed E-state index contributed by atoms with van der Waals surface area (Å²) in [6, 6.07) is 25.7. The van der Waals surface area contributed by atoms with E-state index in [1.807, 2.05) is 67.6 Å². The number of amides is 1. The van der Waals surface area contributed by atoms with Gasteiger partial charge in [-0.05, 0) is 24.6 Å². The average Bonchev–Trinajstić information content (AvgIpc) is 2.69. The number of nitrogens with one attached hydrogen (secondary N) is 1. The smallest absolute Gasteiger partial charge is 0.251 e. The molecule has 0 heterocycles. The van der Waals surface area contributed by atoms with Crippen molar-refractivity contribution < 1.29 is 9.59 Å². The zero-order chi connectivity index (χ0) is 18.4. The van der Waals surface area contributed by atoms with Crippen LogP contribution in [0.2, 0.25) is 0 Å². The van der Waals surface area contributed by atoms with Gasteiger partial charge in [0, 0.05) is 17.5 Å². The quantitative estimate of drug-likeness (QED) is 0.657. The van der Waals surface area contributed by atoms with E-state index >= 15 is 0 Å². The van der Waals surface area contributed by atoms with Crippen LogP contribution in [0.15, 0.2) is 84.9 Å². The lowest BCUT2D eigenvalue weighted by Crippen LogP contribution is -2.30. The van der Waals surface area contributed by atoms with Gasteiger partial charge in [-0.2, -0.15) is 0 Å². The molecule has 1 N–H and O–H groups in total. The Balaban J connectivity index is 1.83. The molecule has 3 nitrogen and oxygen atoms in total. The summed E-state index contributed by atoms with van der Waals surface area (Å²) in [5.74, 6) is -0.179. The highest BCUT2D eigenvalue weighted by atomic mass is 16.2. The fourth-order valence-electron chi connectivity index (χ4n) is 2.81. The Labute approximate surface area is 153 Å². The molecule has 1 amide bonds. The number of benzene rings is 3. The van der Waals surface area contributed by atoms with Gasteiger partial charge in [0.15, 0.2) is 5.78 Å². The van der Waals surface area contributed by atoms with Gasteiger partial charge in [0.25, 0.3) is 5.91 Å². The molecule has 0 radical (unpaired) electrons. The SMILES string of the molecule is Cc1ccc(C(CC(=O)c2ccccc2)NC(=O)c2ccccc2)cc1. The van der Waals surface area contributed by atoms with Crippen molar-refractivity contribution in [3.8, 4) is 0 Å². The number of aryl methyl sites for hydroxylation is 1. The molecule has 0 spiro atoms. The largest absolute Gasteiger partial charge is 0.345 e. The van der Waals surface area contributed by atoms with Gasteiger partial charge in [-0.3, -0.25) is 9.59 Å². The predicted octanol–water partition coefficient (Wildman–Crippen LogP) is 4.74. The summed E-state index contributed by atoms with van der Waals surface area (Å²) < 4.78 is 0. The Morgan fingerprint density at radius 3 is 1.88 bits per heavy atom. The zero-order valence-electron chi connectivity index (χ0n) is 14.7. The highest BCUT2D eigenvalue weighted by Crippen LogP contribution is 2.21. The first kappa shape index (κ1) is 17.6. The number of rotatable bonds is 6. The van der Waals surface area contributed by atoms with Crippen molar-refractivity contribution in [1.82, 2.24) is 5.32 Å². The van der Waals surface area contributed by atoms with Crippen molar-refractivity contribution >= 4 is 11.7 Å². The molecular weight excluding hydrogens is 322 g/mol. The molecule has 130 valence electrons. The zero-order valence-corrected chi connectivity index (χ0v) is 14.7. The summed E-state index contributed by atoms with van der Waals surface area (Å²) in [6.07, 6.45) is 0.214. The molecule has 1 atom stereocenters. The van der Waals surface area contributed by atoms with Gasteiger partial charge >= 0.3 is 0 Å². The normalized spacial score (nSPS) is 11.6. The average molecular weight is 343 g/mol. The Morgan fingerprint density at radius 1 is 0.769 bits per heavy atom. The molecule has 0 fully saturated rings. The van der Waals surface area contributed by atoms with Gasteiger partial charge < -0.3 is 5.32 Å². The third kappa shape index (κ3) is 4.45. The van der Waals surface area contributed by atoms with Crippen LogP contribution in [0.5, 0.6) is 0 Å². The minimum Gasteiger partial charge on any atom is -0.345 e. The van der Waals surface area contributed by atoms with Gasteiger partial charge in [-0.1, -0.05) is 78.4 Å². The molecule has 3 heteroatoms. The van der Waals surface area contributed by atoms with Crippen molar-refractivity contribution in [3.05, 3.63) is 107 Å². The summed E-state index contributed by atoms with van der Waals surface area (Å²) in [6.45, 7) is 2.01. The number of carbonyl (C=O) groups excluding carboxylic acids is 2. The lowest BCUT2D eigenvalue weighted by Gasteiger charge is -2.19. The van der Waals surface area contributed by atoms with Crippen LogP contribution in [0.3, 0.4) is 0 Å². The summed E-state index contributed by atoms with van der Waals surface area (Å²) >= 11 is 0. The molecule has 0 aromatic heterocycles. The van der Waals surface area contributed by atoms with Crippen LogP contribution in [0.1, 0.15) is 44.3 Å². The number of Topliss-reactive ketones (excluding diaryl/α,β-unsaturated/α-hetero) is 1. The Bertz CT molecular complexity index is 818. The first-order valence-corrected chi connectivity index (χ1v) is 8.64. The molecule has 3 aromatic carbocycles. The topological polar surface area (TPSA) is 46.2 Å². The van der Waals surface area contributed by atoms with Crippen molar-refractivity contribution in [2.24, 2.45) is 0 Å². The molecule has 0 saturated carbocycles. The highest BCUT2D eigenvalue weighted by molar-refractivity contribution is 5.98. The van der Waals surface area contributed by atoms with E-state index in [-0.39, 0.29) is 24.2 Å². The molecule has 3 aromatic rings. The first-order valence-electron chi connectivity index (χ1n) is 8.64. The van der Waals surface area contributed by atoms with E-state index in [0.717, 1.165) is 11.1 Å². The van der Waals surface area contributed by atoms with Gasteiger partial charge in [0.05, 0.1) is 6.04 Å². The number of ketones is 1. The van der Waals surface area contributed by atoms with E-state index in [1.165, 1.54) is 0 Å². The molecule has 0 saturated heterocycles. The van der Waals surface area contributed by atoms with Crippen LogP contribution in [0, 0.1) is 6.92 Å². The van der Waals surface area contributed by atoms with Crippen LogP contribution in [0.25, 0.3) is 0 Å². The van der Waals surface area contributed by atoms with E-state index in [0.29, 0.717) is 11.1 Å². The standard InChI is InChI=1S/C23H21NO2/c1-17-12-14-18(15-13-17)21(16-22(25)19-8-4-2-5-9-19)24-23(26)20-10-6-3-7-11-20/h2-15,21H,16H2,1H3,(H,24,26). The molecule has 0 aliphatic heterocycles. The van der Waals surface area contributed by atoms with Crippen molar-refractivity contribution in [1.29, 1.82) is 0 Å². The second-order valence-corrected chi connectivity index (χ2v) is 6.30. The van der Waals surface area contributed by atoms with Gasteiger partial charge in [-0.25, -0.2) is 0 Å². The first-order chi connectivity index (χ1) is 12.6. The monoisotopic (exact) mass is 343 g/mol. The third-order valence-electron chi connectivity index (χ3n) is 4.31. The van der Waals surface area contributed by atoms with E-state index in [9.17, 15) is 9.59 Å². The van der Waals surface area contributed by atoms with Crippen LogP contribution in [-0.2, 0) is 0 Å². The Morgan fingerprint density at radius 2 is 1.31 bits per heavy atom. The van der Waals surface area contributed by atoms with Crippen molar-refractivity contribution in [3.63, 3.8) is 0 Å². The fraction of sp³-hybridized carbons (Fsp3) is 0.130. The van der Waals surface area contributed by atoms with E-state index < -0.39 is 0 Å².